The van der Waals surface area contributed by atoms with Gasteiger partial charge in [0.15, 0.2) is 6.61 Å². The Hall–Kier alpha value is -2.33. The molecule has 0 aliphatic rings. The highest BCUT2D eigenvalue weighted by Gasteiger charge is 2.06. The molecule has 0 spiro atoms. The minimum absolute atomic E-state index is 0.0245. The Morgan fingerprint density at radius 1 is 1.14 bits per heavy atom. The van der Waals surface area contributed by atoms with Gasteiger partial charge >= 0.3 is 0 Å². The molecule has 0 aromatic heterocycles. The maximum absolute atomic E-state index is 11.2. The Morgan fingerprint density at radius 3 is 2.50 bits per heavy atom. The first-order valence-electron chi connectivity index (χ1n) is 7.20. The Morgan fingerprint density at radius 2 is 1.86 bits per heavy atom. The van der Waals surface area contributed by atoms with Gasteiger partial charge in [-0.3, -0.25) is 4.79 Å². The molecule has 1 amide bonds. The van der Waals surface area contributed by atoms with Gasteiger partial charge in [-0.2, -0.15) is 0 Å². The fourth-order valence-electron chi connectivity index (χ4n) is 2.07. The van der Waals surface area contributed by atoms with E-state index in [0.29, 0.717) is 5.75 Å². The van der Waals surface area contributed by atoms with Crippen molar-refractivity contribution in [3.63, 3.8) is 0 Å². The normalized spacial score (nSPS) is 11.8. The standard InChI is InChI=1S/C18H21NO3/c1-13(21-3)15-5-4-6-16(11-15)14-7-9-17(10-8-14)22-12-18(20)19-2/h4-11,13H,12H2,1-3H3,(H,19,20)/t13-/m1/s1. The number of carbonyl (C=O) groups excluding carboxylic acids is 1. The average molecular weight is 299 g/mol. The van der Waals surface area contributed by atoms with Crippen LogP contribution in [0.1, 0.15) is 18.6 Å². The van der Waals surface area contributed by atoms with Crippen molar-refractivity contribution in [2.24, 2.45) is 0 Å². The van der Waals surface area contributed by atoms with Gasteiger partial charge in [-0.25, -0.2) is 0 Å². The van der Waals surface area contributed by atoms with Gasteiger partial charge in [0.2, 0.25) is 0 Å². The molecule has 2 rings (SSSR count). The van der Waals surface area contributed by atoms with Crippen molar-refractivity contribution in [2.45, 2.75) is 13.0 Å². The predicted octanol–water partition coefficient (Wildman–Crippen LogP) is 3.19. The third-order valence-corrected chi connectivity index (χ3v) is 3.55. The smallest absolute Gasteiger partial charge is 0.257 e. The van der Waals surface area contributed by atoms with Crippen molar-refractivity contribution >= 4 is 5.91 Å². The quantitative estimate of drug-likeness (QED) is 0.891. The first kappa shape index (κ1) is 16.0. The highest BCUT2D eigenvalue weighted by molar-refractivity contribution is 5.77. The SMILES string of the molecule is CNC(=O)COc1ccc(-c2cccc([C@@H](C)OC)c2)cc1. The van der Waals surface area contributed by atoms with E-state index in [1.165, 1.54) is 0 Å². The van der Waals surface area contributed by atoms with Crippen LogP contribution >= 0.6 is 0 Å². The monoisotopic (exact) mass is 299 g/mol. The second-order valence-electron chi connectivity index (χ2n) is 4.99. The number of nitrogens with one attached hydrogen (secondary N) is 1. The fraction of sp³-hybridized carbons (Fsp3) is 0.278. The van der Waals surface area contributed by atoms with Gasteiger partial charge in [-0.15, -0.1) is 0 Å². The number of rotatable bonds is 6. The van der Waals surface area contributed by atoms with Gasteiger partial charge in [0.25, 0.3) is 5.91 Å². The molecular weight excluding hydrogens is 278 g/mol. The van der Waals surface area contributed by atoms with Crippen LogP contribution in [0.4, 0.5) is 0 Å². The molecular formula is C18H21NO3. The minimum atomic E-state index is -0.148. The summed E-state index contributed by atoms with van der Waals surface area (Å²) in [6.07, 6.45) is 0.0649. The Kier molecular flexibility index (Phi) is 5.55. The fourth-order valence-corrected chi connectivity index (χ4v) is 2.07. The molecule has 1 N–H and O–H groups in total. The zero-order valence-electron chi connectivity index (χ0n) is 13.1. The van der Waals surface area contributed by atoms with Gasteiger partial charge in [0.1, 0.15) is 5.75 Å². The van der Waals surface area contributed by atoms with E-state index >= 15 is 0 Å². The van der Waals surface area contributed by atoms with Gasteiger partial charge in [0.05, 0.1) is 6.10 Å². The summed E-state index contributed by atoms with van der Waals surface area (Å²) in [4.78, 5) is 11.2. The van der Waals surface area contributed by atoms with Crippen LogP contribution in [0.3, 0.4) is 0 Å². The number of carbonyl (C=O) groups is 1. The lowest BCUT2D eigenvalue weighted by molar-refractivity contribution is -0.122. The Balaban J connectivity index is 2.11. The van der Waals surface area contributed by atoms with Crippen molar-refractivity contribution in [1.29, 1.82) is 0 Å². The van der Waals surface area contributed by atoms with Crippen molar-refractivity contribution in [2.75, 3.05) is 20.8 Å². The second-order valence-corrected chi connectivity index (χ2v) is 4.99. The molecule has 0 unspecified atom stereocenters. The Labute approximate surface area is 131 Å². The molecule has 2 aromatic rings. The van der Waals surface area contributed by atoms with Gasteiger partial charge < -0.3 is 14.8 Å². The van der Waals surface area contributed by atoms with Crippen LogP contribution in [0.5, 0.6) is 5.75 Å². The largest absolute Gasteiger partial charge is 0.484 e. The molecule has 0 heterocycles. The topological polar surface area (TPSA) is 47.6 Å². The molecule has 116 valence electrons. The number of benzene rings is 2. The second kappa shape index (κ2) is 7.61. The molecule has 2 aromatic carbocycles. The number of ether oxygens (including phenoxy) is 2. The molecule has 22 heavy (non-hydrogen) atoms. The summed E-state index contributed by atoms with van der Waals surface area (Å²) in [7, 11) is 3.29. The lowest BCUT2D eigenvalue weighted by Gasteiger charge is -2.12. The van der Waals surface area contributed by atoms with Crippen LogP contribution in [0.15, 0.2) is 48.5 Å². The third kappa shape index (κ3) is 4.09. The van der Waals surface area contributed by atoms with E-state index in [0.717, 1.165) is 16.7 Å². The molecule has 0 bridgehead atoms. The highest BCUT2D eigenvalue weighted by atomic mass is 16.5. The van der Waals surface area contributed by atoms with Crippen LogP contribution in [0.2, 0.25) is 0 Å². The zero-order valence-corrected chi connectivity index (χ0v) is 13.1. The first-order valence-corrected chi connectivity index (χ1v) is 7.20. The van der Waals surface area contributed by atoms with E-state index in [1.54, 1.807) is 14.2 Å². The summed E-state index contributed by atoms with van der Waals surface area (Å²) in [6.45, 7) is 2.05. The number of hydrogen-bond donors (Lipinski definition) is 1. The summed E-state index contributed by atoms with van der Waals surface area (Å²) in [6, 6.07) is 16.0. The average Bonchev–Trinajstić information content (AvgIpc) is 2.59. The van der Waals surface area contributed by atoms with E-state index < -0.39 is 0 Å². The van der Waals surface area contributed by atoms with E-state index in [-0.39, 0.29) is 18.6 Å². The van der Waals surface area contributed by atoms with Gasteiger partial charge in [0, 0.05) is 14.2 Å². The van der Waals surface area contributed by atoms with Crippen molar-refractivity contribution in [3.8, 4) is 16.9 Å². The van der Waals surface area contributed by atoms with Crippen LogP contribution in [0, 0.1) is 0 Å². The van der Waals surface area contributed by atoms with Crippen molar-refractivity contribution in [3.05, 3.63) is 54.1 Å². The summed E-state index contributed by atoms with van der Waals surface area (Å²) in [5.74, 6) is 0.527. The summed E-state index contributed by atoms with van der Waals surface area (Å²) in [5, 5.41) is 2.52. The van der Waals surface area contributed by atoms with Gasteiger partial charge in [-0.1, -0.05) is 30.3 Å². The summed E-state index contributed by atoms with van der Waals surface area (Å²) in [5.41, 5.74) is 3.36. The molecule has 4 heteroatoms. The molecule has 0 radical (unpaired) electrons. The van der Waals surface area contributed by atoms with E-state index in [4.69, 9.17) is 9.47 Å². The third-order valence-electron chi connectivity index (χ3n) is 3.55. The number of amides is 1. The van der Waals surface area contributed by atoms with Gasteiger partial charge in [-0.05, 0) is 41.8 Å². The van der Waals surface area contributed by atoms with E-state index in [1.807, 2.05) is 37.3 Å². The lowest BCUT2D eigenvalue weighted by Crippen LogP contribution is -2.24. The molecule has 0 aliphatic carbocycles. The maximum atomic E-state index is 11.2. The Bertz CT molecular complexity index is 622. The molecule has 1 atom stereocenters. The van der Waals surface area contributed by atoms with Crippen LogP contribution < -0.4 is 10.1 Å². The van der Waals surface area contributed by atoms with Crippen molar-refractivity contribution < 1.29 is 14.3 Å². The number of hydrogen-bond acceptors (Lipinski definition) is 3. The van der Waals surface area contributed by atoms with Crippen molar-refractivity contribution in [1.82, 2.24) is 5.32 Å². The van der Waals surface area contributed by atoms with Crippen LogP contribution in [-0.2, 0) is 9.53 Å². The van der Waals surface area contributed by atoms with Crippen LogP contribution in [-0.4, -0.2) is 26.7 Å². The molecule has 0 aliphatic heterocycles. The first-order chi connectivity index (χ1) is 10.6. The lowest BCUT2D eigenvalue weighted by atomic mass is 10.0. The zero-order chi connectivity index (χ0) is 15.9. The number of methoxy groups -OCH3 is 1. The summed E-state index contributed by atoms with van der Waals surface area (Å²) >= 11 is 0. The van der Waals surface area contributed by atoms with E-state index in [9.17, 15) is 4.79 Å². The minimum Gasteiger partial charge on any atom is -0.484 e. The summed E-state index contributed by atoms with van der Waals surface area (Å²) < 4.78 is 10.8. The predicted molar refractivity (Wildman–Crippen MR) is 86.9 cm³/mol. The maximum Gasteiger partial charge on any atom is 0.257 e. The molecule has 0 saturated carbocycles. The highest BCUT2D eigenvalue weighted by Crippen LogP contribution is 2.26. The van der Waals surface area contributed by atoms with E-state index in [2.05, 4.69) is 23.5 Å². The molecule has 4 nitrogen and oxygen atoms in total. The van der Waals surface area contributed by atoms with Crippen LogP contribution in [0.25, 0.3) is 11.1 Å². The molecule has 0 fully saturated rings. The number of likely N-dealkylation sites (N-methyl/N-ethyl adjacent to an activating group) is 1. The molecule has 0 saturated heterocycles.